The molecule has 3 N–H and O–H groups in total. The monoisotopic (exact) mass is 292 g/mol. The molecule has 0 amide bonds. The Bertz CT molecular complexity index is 584. The van der Waals surface area contributed by atoms with Crippen LogP contribution in [0.25, 0.3) is 0 Å². The smallest absolute Gasteiger partial charge is 0.246 e. The predicted octanol–water partition coefficient (Wildman–Crippen LogP) is 0.692. The fourth-order valence-electron chi connectivity index (χ4n) is 1.96. The van der Waals surface area contributed by atoms with Gasteiger partial charge in [0, 0.05) is 19.2 Å². The lowest BCUT2D eigenvalue weighted by Gasteiger charge is -2.28. The largest absolute Gasteiger partial charge is 0.396 e. The van der Waals surface area contributed by atoms with E-state index >= 15 is 0 Å². The van der Waals surface area contributed by atoms with Crippen molar-refractivity contribution in [1.82, 2.24) is 4.31 Å². The number of nitrogens with zero attached hydrogens (tertiary/aromatic N) is 1. The first-order valence-corrected chi connectivity index (χ1v) is 7.19. The van der Waals surface area contributed by atoms with E-state index in [1.54, 1.807) is 0 Å². The van der Waals surface area contributed by atoms with Crippen LogP contribution in [0.4, 0.5) is 14.5 Å². The second kappa shape index (κ2) is 5.03. The average Bonchev–Trinajstić information content (AvgIpc) is 2.34. The maximum absolute atomic E-state index is 13.6. The average molecular weight is 292 g/mol. The molecular formula is C11H14F2N2O3S. The Labute approximate surface area is 109 Å². The van der Waals surface area contributed by atoms with Crippen LogP contribution in [0.2, 0.25) is 0 Å². The van der Waals surface area contributed by atoms with Gasteiger partial charge in [-0.2, -0.15) is 4.31 Å². The number of nitrogens with two attached hydrogens (primary N) is 1. The van der Waals surface area contributed by atoms with Crippen molar-refractivity contribution in [3.8, 4) is 0 Å². The van der Waals surface area contributed by atoms with E-state index in [0.29, 0.717) is 6.07 Å². The summed E-state index contributed by atoms with van der Waals surface area (Å²) in [5, 5.41) is 9.33. The molecule has 1 aliphatic rings. The van der Waals surface area contributed by atoms with Crippen LogP contribution in [-0.2, 0) is 10.0 Å². The number of nitrogen functional groups attached to an aromatic ring is 1. The van der Waals surface area contributed by atoms with E-state index < -0.39 is 38.3 Å². The van der Waals surface area contributed by atoms with Gasteiger partial charge in [0.15, 0.2) is 0 Å². The van der Waals surface area contributed by atoms with E-state index in [-0.39, 0.29) is 25.9 Å². The molecule has 0 atom stereocenters. The van der Waals surface area contributed by atoms with Crippen molar-refractivity contribution in [3.63, 3.8) is 0 Å². The van der Waals surface area contributed by atoms with Gasteiger partial charge >= 0.3 is 0 Å². The standard InChI is InChI=1S/C11H14F2N2O3S/c12-8-5-9(13)11(6-10(8)14)19(17,18)15-3-1-7(16)2-4-15/h5-7,16H,1-4,14H2. The summed E-state index contributed by atoms with van der Waals surface area (Å²) in [5.74, 6) is -2.16. The Balaban J connectivity index is 2.37. The SMILES string of the molecule is Nc1cc(S(=O)(=O)N2CCC(O)CC2)c(F)cc1F. The molecule has 2 rings (SSSR count). The fraction of sp³-hybridized carbons (Fsp3) is 0.455. The quantitative estimate of drug-likeness (QED) is 0.786. The number of halogens is 2. The zero-order valence-electron chi connectivity index (χ0n) is 10.0. The van der Waals surface area contributed by atoms with Crippen molar-refractivity contribution in [2.75, 3.05) is 18.8 Å². The molecule has 1 heterocycles. The van der Waals surface area contributed by atoms with E-state index in [9.17, 15) is 22.3 Å². The molecule has 19 heavy (non-hydrogen) atoms. The van der Waals surface area contributed by atoms with Crippen molar-refractivity contribution in [2.24, 2.45) is 0 Å². The highest BCUT2D eigenvalue weighted by molar-refractivity contribution is 7.89. The first kappa shape index (κ1) is 14.2. The van der Waals surface area contributed by atoms with Crippen LogP contribution in [0.3, 0.4) is 0 Å². The maximum atomic E-state index is 13.6. The number of sulfonamides is 1. The molecule has 0 radical (unpaired) electrons. The minimum absolute atomic E-state index is 0.0974. The Morgan fingerprint density at radius 3 is 2.37 bits per heavy atom. The molecule has 0 aromatic heterocycles. The Hall–Kier alpha value is -1.25. The lowest BCUT2D eigenvalue weighted by atomic mass is 10.1. The van der Waals surface area contributed by atoms with Gasteiger partial charge in [-0.3, -0.25) is 0 Å². The molecule has 0 spiro atoms. The van der Waals surface area contributed by atoms with Crippen LogP contribution in [0, 0.1) is 11.6 Å². The Morgan fingerprint density at radius 1 is 1.21 bits per heavy atom. The second-order valence-corrected chi connectivity index (χ2v) is 6.35. The lowest BCUT2D eigenvalue weighted by Crippen LogP contribution is -2.40. The summed E-state index contributed by atoms with van der Waals surface area (Å²) in [6.07, 6.45) is 0.0317. The van der Waals surface area contributed by atoms with E-state index in [0.717, 1.165) is 10.4 Å². The first-order chi connectivity index (χ1) is 8.82. The molecular weight excluding hydrogens is 278 g/mol. The van der Waals surface area contributed by atoms with Crippen LogP contribution in [-0.4, -0.2) is 37.0 Å². The third-order valence-electron chi connectivity index (χ3n) is 3.09. The minimum Gasteiger partial charge on any atom is -0.396 e. The molecule has 0 aliphatic carbocycles. The highest BCUT2D eigenvalue weighted by Gasteiger charge is 2.31. The van der Waals surface area contributed by atoms with Crippen molar-refractivity contribution in [3.05, 3.63) is 23.8 Å². The molecule has 0 bridgehead atoms. The summed E-state index contributed by atoms with van der Waals surface area (Å²) in [5.41, 5.74) is 4.85. The number of piperidine rings is 1. The number of aliphatic hydroxyl groups is 1. The summed E-state index contributed by atoms with van der Waals surface area (Å²) < 4.78 is 52.1. The fourth-order valence-corrected chi connectivity index (χ4v) is 3.52. The molecule has 1 saturated heterocycles. The maximum Gasteiger partial charge on any atom is 0.246 e. The first-order valence-electron chi connectivity index (χ1n) is 5.75. The molecule has 0 unspecified atom stereocenters. The van der Waals surface area contributed by atoms with Crippen LogP contribution in [0.15, 0.2) is 17.0 Å². The second-order valence-electron chi connectivity index (χ2n) is 4.44. The highest BCUT2D eigenvalue weighted by atomic mass is 32.2. The van der Waals surface area contributed by atoms with Gasteiger partial charge < -0.3 is 10.8 Å². The van der Waals surface area contributed by atoms with Gasteiger partial charge in [0.05, 0.1) is 11.8 Å². The number of anilines is 1. The van der Waals surface area contributed by atoms with E-state index in [1.165, 1.54) is 0 Å². The minimum atomic E-state index is -4.05. The van der Waals surface area contributed by atoms with E-state index in [1.807, 2.05) is 0 Å². The Morgan fingerprint density at radius 2 is 1.79 bits per heavy atom. The lowest BCUT2D eigenvalue weighted by molar-refractivity contribution is 0.113. The summed E-state index contributed by atoms with van der Waals surface area (Å²) in [6.45, 7) is 0.195. The third kappa shape index (κ3) is 2.70. The summed E-state index contributed by atoms with van der Waals surface area (Å²) in [7, 11) is -4.05. The summed E-state index contributed by atoms with van der Waals surface area (Å²) in [6, 6.07) is 1.24. The van der Waals surface area contributed by atoms with Crippen LogP contribution in [0.1, 0.15) is 12.8 Å². The zero-order valence-corrected chi connectivity index (χ0v) is 10.8. The van der Waals surface area contributed by atoms with Crippen molar-refractivity contribution >= 4 is 15.7 Å². The number of hydrogen-bond donors (Lipinski definition) is 2. The topological polar surface area (TPSA) is 83.6 Å². The van der Waals surface area contributed by atoms with Crippen LogP contribution >= 0.6 is 0 Å². The van der Waals surface area contributed by atoms with Gasteiger partial charge in [-0.25, -0.2) is 17.2 Å². The zero-order chi connectivity index (χ0) is 14.2. The van der Waals surface area contributed by atoms with Crippen LogP contribution < -0.4 is 5.73 Å². The van der Waals surface area contributed by atoms with Crippen molar-refractivity contribution < 1.29 is 22.3 Å². The van der Waals surface area contributed by atoms with Gasteiger partial charge in [0.1, 0.15) is 16.5 Å². The van der Waals surface area contributed by atoms with Gasteiger partial charge in [-0.05, 0) is 18.9 Å². The molecule has 8 heteroatoms. The third-order valence-corrected chi connectivity index (χ3v) is 5.01. The summed E-state index contributed by atoms with van der Waals surface area (Å²) in [4.78, 5) is -0.636. The molecule has 1 fully saturated rings. The molecule has 0 saturated carbocycles. The number of aliphatic hydroxyl groups excluding tert-OH is 1. The predicted molar refractivity (Wildman–Crippen MR) is 64.8 cm³/mol. The molecule has 1 aromatic carbocycles. The van der Waals surface area contributed by atoms with Gasteiger partial charge in [-0.15, -0.1) is 0 Å². The van der Waals surface area contributed by atoms with Crippen molar-refractivity contribution in [2.45, 2.75) is 23.8 Å². The van der Waals surface area contributed by atoms with Crippen molar-refractivity contribution in [1.29, 1.82) is 0 Å². The van der Waals surface area contributed by atoms with Crippen LogP contribution in [0.5, 0.6) is 0 Å². The molecule has 1 aromatic rings. The summed E-state index contributed by atoms with van der Waals surface area (Å²) >= 11 is 0. The Kier molecular flexibility index (Phi) is 3.75. The number of hydrogen-bond acceptors (Lipinski definition) is 4. The van der Waals surface area contributed by atoms with E-state index in [4.69, 9.17) is 5.73 Å². The normalized spacial score (nSPS) is 18.7. The highest BCUT2D eigenvalue weighted by Crippen LogP contribution is 2.26. The van der Waals surface area contributed by atoms with E-state index in [2.05, 4.69) is 0 Å². The molecule has 5 nitrogen and oxygen atoms in total. The number of rotatable bonds is 2. The number of benzene rings is 1. The molecule has 106 valence electrons. The van der Waals surface area contributed by atoms with Gasteiger partial charge in [0.25, 0.3) is 0 Å². The van der Waals surface area contributed by atoms with Gasteiger partial charge in [-0.1, -0.05) is 0 Å². The molecule has 1 aliphatic heterocycles. The van der Waals surface area contributed by atoms with Gasteiger partial charge in [0.2, 0.25) is 10.0 Å².